The summed E-state index contributed by atoms with van der Waals surface area (Å²) in [5.74, 6) is 1.73. The smallest absolute Gasteiger partial charge is 0.183 e. The van der Waals surface area contributed by atoms with Gasteiger partial charge < -0.3 is 15.5 Å². The number of piperidine rings is 1. The quantitative estimate of drug-likeness (QED) is 0.707. The third kappa shape index (κ3) is 3.11. The second-order valence-electron chi connectivity index (χ2n) is 8.63. The van der Waals surface area contributed by atoms with Crippen LogP contribution in [0.4, 0.5) is 17.3 Å². The number of H-pyrrole nitrogens is 1. The lowest BCUT2D eigenvalue weighted by atomic mass is 9.75. The van der Waals surface area contributed by atoms with Crippen LogP contribution in [0.3, 0.4) is 0 Å². The number of hydrogen-bond donors (Lipinski definition) is 2. The Labute approximate surface area is 170 Å². The van der Waals surface area contributed by atoms with Gasteiger partial charge in [-0.15, -0.1) is 0 Å². The number of anilines is 3. The monoisotopic (exact) mass is 392 g/mol. The van der Waals surface area contributed by atoms with Gasteiger partial charge in [-0.2, -0.15) is 5.10 Å². The number of nitrogens with one attached hydrogen (secondary N) is 1. The minimum atomic E-state index is 0.199. The molecule has 0 amide bonds. The van der Waals surface area contributed by atoms with E-state index in [0.717, 1.165) is 79.5 Å². The molecule has 0 spiro atoms. The van der Waals surface area contributed by atoms with Crippen molar-refractivity contribution in [3.05, 3.63) is 30.2 Å². The Kier molecular flexibility index (Phi) is 4.38. The predicted octanol–water partition coefficient (Wildman–Crippen LogP) is 2.79. The molecule has 1 unspecified atom stereocenters. The fraction of sp³-hybridized carbons (Fsp3) is 0.524. The Balaban J connectivity index is 1.42. The van der Waals surface area contributed by atoms with Gasteiger partial charge in [-0.25, -0.2) is 9.97 Å². The number of aromatic nitrogens is 5. The van der Waals surface area contributed by atoms with Gasteiger partial charge in [0.2, 0.25) is 0 Å². The van der Waals surface area contributed by atoms with Crippen molar-refractivity contribution in [1.82, 2.24) is 25.1 Å². The van der Waals surface area contributed by atoms with Crippen LogP contribution in [-0.2, 0) is 6.42 Å². The lowest BCUT2D eigenvalue weighted by molar-refractivity contribution is 0.205. The van der Waals surface area contributed by atoms with E-state index in [1.165, 1.54) is 0 Å². The van der Waals surface area contributed by atoms with Crippen LogP contribution in [0.1, 0.15) is 38.8 Å². The molecule has 8 heteroatoms. The maximum Gasteiger partial charge on any atom is 0.183 e. The van der Waals surface area contributed by atoms with E-state index in [1.54, 1.807) is 0 Å². The van der Waals surface area contributed by atoms with Crippen LogP contribution in [0.15, 0.2) is 24.5 Å². The first kappa shape index (κ1) is 18.3. The zero-order chi connectivity index (χ0) is 20.0. The number of nitrogens with two attached hydrogens (primary N) is 1. The van der Waals surface area contributed by atoms with Gasteiger partial charge in [0.25, 0.3) is 0 Å². The fourth-order valence-electron chi connectivity index (χ4n) is 4.44. The second-order valence-corrected chi connectivity index (χ2v) is 8.63. The van der Waals surface area contributed by atoms with Crippen molar-refractivity contribution in [2.24, 2.45) is 11.1 Å². The molecular weight excluding hydrogens is 364 g/mol. The molecule has 8 nitrogen and oxygen atoms in total. The van der Waals surface area contributed by atoms with E-state index in [2.05, 4.69) is 44.9 Å². The molecular formula is C21H28N8. The number of fused-ring (bicyclic) bond motifs is 2. The molecule has 152 valence electrons. The Morgan fingerprint density at radius 1 is 1.21 bits per heavy atom. The number of pyridine rings is 1. The Morgan fingerprint density at radius 2 is 2.03 bits per heavy atom. The van der Waals surface area contributed by atoms with Gasteiger partial charge in [0.15, 0.2) is 17.0 Å². The first-order valence-corrected chi connectivity index (χ1v) is 10.5. The number of rotatable bonds is 3. The summed E-state index contributed by atoms with van der Waals surface area (Å²) in [6.45, 7) is 7.21. The molecule has 0 aromatic carbocycles. The second kappa shape index (κ2) is 6.95. The number of nitrogens with zero attached hydrogens (tertiary/aromatic N) is 6. The SMILES string of the molecule is CC(N)C1(C)CCN(c2cnc3c(N4CCCc5ncccc54)n[nH]c3n2)CC1. The van der Waals surface area contributed by atoms with E-state index in [1.807, 2.05) is 18.5 Å². The zero-order valence-corrected chi connectivity index (χ0v) is 17.1. The Morgan fingerprint density at radius 3 is 2.83 bits per heavy atom. The Bertz CT molecular complexity index is 1020. The summed E-state index contributed by atoms with van der Waals surface area (Å²) in [7, 11) is 0. The third-order valence-corrected chi connectivity index (χ3v) is 6.78. The molecule has 5 rings (SSSR count). The molecule has 0 aliphatic carbocycles. The first-order valence-electron chi connectivity index (χ1n) is 10.5. The van der Waals surface area contributed by atoms with Crippen molar-refractivity contribution in [2.45, 2.75) is 45.6 Å². The maximum absolute atomic E-state index is 6.20. The minimum Gasteiger partial charge on any atom is -0.355 e. The van der Waals surface area contributed by atoms with E-state index in [-0.39, 0.29) is 11.5 Å². The zero-order valence-electron chi connectivity index (χ0n) is 17.1. The summed E-state index contributed by atoms with van der Waals surface area (Å²) in [5, 5.41) is 7.66. The van der Waals surface area contributed by atoms with E-state index >= 15 is 0 Å². The molecule has 3 N–H and O–H groups in total. The van der Waals surface area contributed by atoms with Gasteiger partial charge in [0, 0.05) is 31.9 Å². The van der Waals surface area contributed by atoms with Crippen LogP contribution in [-0.4, -0.2) is 50.8 Å². The van der Waals surface area contributed by atoms with Crippen LogP contribution in [0.5, 0.6) is 0 Å². The minimum absolute atomic E-state index is 0.199. The van der Waals surface area contributed by atoms with Crippen molar-refractivity contribution in [3.63, 3.8) is 0 Å². The Hall–Kier alpha value is -2.74. The van der Waals surface area contributed by atoms with E-state index in [9.17, 15) is 0 Å². The van der Waals surface area contributed by atoms with Crippen molar-refractivity contribution in [1.29, 1.82) is 0 Å². The van der Waals surface area contributed by atoms with E-state index < -0.39 is 0 Å². The molecule has 1 fully saturated rings. The first-order chi connectivity index (χ1) is 14.0. The van der Waals surface area contributed by atoms with Gasteiger partial charge in [0.05, 0.1) is 17.6 Å². The van der Waals surface area contributed by atoms with E-state index in [0.29, 0.717) is 0 Å². The highest BCUT2D eigenvalue weighted by Gasteiger charge is 2.34. The number of aryl methyl sites for hydroxylation is 1. The molecule has 5 heterocycles. The molecule has 3 aromatic rings. The molecule has 1 atom stereocenters. The maximum atomic E-state index is 6.20. The molecule has 0 bridgehead atoms. The van der Waals surface area contributed by atoms with Crippen molar-refractivity contribution in [2.75, 3.05) is 29.4 Å². The highest BCUT2D eigenvalue weighted by atomic mass is 15.3. The average molecular weight is 393 g/mol. The van der Waals surface area contributed by atoms with Crippen molar-refractivity contribution in [3.8, 4) is 0 Å². The molecule has 2 aliphatic heterocycles. The largest absolute Gasteiger partial charge is 0.355 e. The highest BCUT2D eigenvalue weighted by molar-refractivity contribution is 5.87. The predicted molar refractivity (Wildman–Crippen MR) is 114 cm³/mol. The topological polar surface area (TPSA) is 99.9 Å². The summed E-state index contributed by atoms with van der Waals surface area (Å²) >= 11 is 0. The van der Waals surface area contributed by atoms with Crippen LogP contribution < -0.4 is 15.5 Å². The van der Waals surface area contributed by atoms with Crippen LogP contribution in [0, 0.1) is 5.41 Å². The normalized spacial score (nSPS) is 20.0. The van der Waals surface area contributed by atoms with Crippen molar-refractivity contribution >= 4 is 28.5 Å². The summed E-state index contributed by atoms with van der Waals surface area (Å²) in [6.07, 6.45) is 7.92. The van der Waals surface area contributed by atoms with Gasteiger partial charge in [-0.1, -0.05) is 6.92 Å². The molecule has 0 saturated carbocycles. The highest BCUT2D eigenvalue weighted by Crippen LogP contribution is 2.36. The van der Waals surface area contributed by atoms with Gasteiger partial charge >= 0.3 is 0 Å². The van der Waals surface area contributed by atoms with Crippen LogP contribution in [0.25, 0.3) is 11.2 Å². The van der Waals surface area contributed by atoms with Crippen LogP contribution in [0.2, 0.25) is 0 Å². The molecule has 1 saturated heterocycles. The lowest BCUT2D eigenvalue weighted by Crippen LogP contribution is -2.47. The summed E-state index contributed by atoms with van der Waals surface area (Å²) in [5.41, 5.74) is 10.2. The van der Waals surface area contributed by atoms with Crippen molar-refractivity contribution < 1.29 is 0 Å². The lowest BCUT2D eigenvalue weighted by Gasteiger charge is -2.42. The number of hydrogen-bond acceptors (Lipinski definition) is 7. The fourth-order valence-corrected chi connectivity index (χ4v) is 4.44. The average Bonchev–Trinajstić information content (AvgIpc) is 3.17. The van der Waals surface area contributed by atoms with Gasteiger partial charge in [-0.05, 0) is 50.2 Å². The molecule has 29 heavy (non-hydrogen) atoms. The molecule has 0 radical (unpaired) electrons. The summed E-state index contributed by atoms with van der Waals surface area (Å²) in [4.78, 5) is 18.6. The molecule has 2 aliphatic rings. The summed E-state index contributed by atoms with van der Waals surface area (Å²) < 4.78 is 0. The van der Waals surface area contributed by atoms with Gasteiger partial charge in [-0.3, -0.25) is 10.1 Å². The molecule has 3 aromatic heterocycles. The summed E-state index contributed by atoms with van der Waals surface area (Å²) in [6, 6.07) is 4.28. The third-order valence-electron chi connectivity index (χ3n) is 6.78. The number of aromatic amines is 1. The standard InChI is InChI=1S/C21H28N8/c1-14(22)21(2)7-11-28(12-8-21)17-13-24-18-19(25-17)26-27-20(18)29-10-4-5-15-16(29)6-3-9-23-15/h3,6,9,13-14H,4-5,7-8,10-12,22H2,1-2H3,(H,25,26,27). The van der Waals surface area contributed by atoms with Gasteiger partial charge in [0.1, 0.15) is 5.82 Å². The van der Waals surface area contributed by atoms with E-state index in [4.69, 9.17) is 15.7 Å². The van der Waals surface area contributed by atoms with Crippen LogP contribution >= 0.6 is 0 Å².